The number of rotatable bonds is 7. The van der Waals surface area contributed by atoms with E-state index in [1.807, 2.05) is 47.0 Å². The Bertz CT molecular complexity index is 992. The molecule has 1 aliphatic rings. The fourth-order valence-electron chi connectivity index (χ4n) is 3.17. The molecule has 7 nitrogen and oxygen atoms in total. The monoisotopic (exact) mass is 443 g/mol. The molecule has 1 N–H and O–H groups in total. The Kier molecular flexibility index (Phi) is 7.01. The van der Waals surface area contributed by atoms with Crippen LogP contribution in [-0.4, -0.2) is 57.6 Å². The summed E-state index contributed by atoms with van der Waals surface area (Å²) in [6.45, 7) is 3.86. The van der Waals surface area contributed by atoms with E-state index in [1.165, 1.54) is 11.8 Å². The number of thioether (sulfide) groups is 1. The van der Waals surface area contributed by atoms with Crippen molar-refractivity contribution in [1.29, 1.82) is 0 Å². The van der Waals surface area contributed by atoms with Crippen LogP contribution in [0.5, 0.6) is 0 Å². The van der Waals surface area contributed by atoms with Crippen LogP contribution in [0.1, 0.15) is 5.82 Å². The predicted octanol–water partition coefficient (Wildman–Crippen LogP) is 3.48. The molecule has 1 amide bonds. The summed E-state index contributed by atoms with van der Waals surface area (Å²) in [4.78, 5) is 14.7. The molecule has 1 aromatic heterocycles. The minimum atomic E-state index is -0.148. The highest BCUT2D eigenvalue weighted by Crippen LogP contribution is 2.24. The van der Waals surface area contributed by atoms with Crippen LogP contribution in [-0.2, 0) is 16.1 Å². The van der Waals surface area contributed by atoms with Gasteiger partial charge in [0.05, 0.1) is 36.2 Å². The number of morpholine rings is 1. The number of para-hydroxylation sites is 2. The minimum Gasteiger partial charge on any atom is -0.379 e. The predicted molar refractivity (Wildman–Crippen MR) is 118 cm³/mol. The minimum absolute atomic E-state index is 0.148. The van der Waals surface area contributed by atoms with Crippen molar-refractivity contribution in [2.45, 2.75) is 11.7 Å². The highest BCUT2D eigenvalue weighted by atomic mass is 35.5. The number of nitrogens with zero attached hydrogens (tertiary/aromatic N) is 4. The van der Waals surface area contributed by atoms with Crippen molar-refractivity contribution in [3.8, 4) is 5.69 Å². The second-order valence-electron chi connectivity index (χ2n) is 6.77. The lowest BCUT2D eigenvalue weighted by molar-refractivity contribution is -0.113. The second kappa shape index (κ2) is 10.1. The lowest BCUT2D eigenvalue weighted by atomic mass is 10.3. The fourth-order valence-corrected chi connectivity index (χ4v) is 4.12. The standard InChI is InChI=1S/C21H22ClN5O2S/c22-17-8-4-5-9-18(17)23-20(28)15-30-21-25-24-19(14-26-10-12-29-13-11-26)27(21)16-6-2-1-3-7-16/h1-9H,10-15H2,(H,23,28). The average molecular weight is 444 g/mol. The SMILES string of the molecule is O=C(CSc1nnc(CN2CCOCC2)n1-c1ccccc1)Nc1ccccc1Cl. The van der Waals surface area contributed by atoms with Gasteiger partial charge in [0, 0.05) is 18.8 Å². The van der Waals surface area contributed by atoms with Gasteiger partial charge in [0.1, 0.15) is 0 Å². The Labute approximate surface area is 184 Å². The van der Waals surface area contributed by atoms with Gasteiger partial charge in [-0.25, -0.2) is 0 Å². The second-order valence-corrected chi connectivity index (χ2v) is 8.12. The van der Waals surface area contributed by atoms with Crippen molar-refractivity contribution in [2.75, 3.05) is 37.4 Å². The fraction of sp³-hybridized carbons (Fsp3) is 0.286. The van der Waals surface area contributed by atoms with Gasteiger partial charge in [-0.05, 0) is 24.3 Å². The van der Waals surface area contributed by atoms with Gasteiger partial charge in [-0.15, -0.1) is 10.2 Å². The number of aromatic nitrogens is 3. The quantitative estimate of drug-likeness (QED) is 0.563. The van der Waals surface area contributed by atoms with Crippen LogP contribution in [0.2, 0.25) is 5.02 Å². The number of anilines is 1. The number of amides is 1. The summed E-state index contributed by atoms with van der Waals surface area (Å²) in [5, 5.41) is 12.8. The zero-order chi connectivity index (χ0) is 20.8. The summed E-state index contributed by atoms with van der Waals surface area (Å²) >= 11 is 7.47. The van der Waals surface area contributed by atoms with Crippen LogP contribution < -0.4 is 5.32 Å². The lowest BCUT2D eigenvalue weighted by Gasteiger charge is -2.26. The summed E-state index contributed by atoms with van der Waals surface area (Å²) in [5.41, 5.74) is 1.57. The number of benzene rings is 2. The number of carbonyl (C=O) groups excluding carboxylic acids is 1. The molecule has 0 radical (unpaired) electrons. The summed E-state index contributed by atoms with van der Waals surface area (Å²) in [5.74, 6) is 0.899. The number of ether oxygens (including phenoxy) is 1. The summed E-state index contributed by atoms with van der Waals surface area (Å²) in [6.07, 6.45) is 0. The van der Waals surface area contributed by atoms with Gasteiger partial charge in [-0.3, -0.25) is 14.3 Å². The van der Waals surface area contributed by atoms with Gasteiger partial charge < -0.3 is 10.1 Å². The number of hydrogen-bond acceptors (Lipinski definition) is 6. The van der Waals surface area contributed by atoms with Gasteiger partial charge in [-0.1, -0.05) is 53.7 Å². The molecular formula is C21H22ClN5O2S. The molecule has 30 heavy (non-hydrogen) atoms. The Balaban J connectivity index is 1.49. The molecule has 0 spiro atoms. The zero-order valence-corrected chi connectivity index (χ0v) is 17.9. The maximum Gasteiger partial charge on any atom is 0.234 e. The average Bonchev–Trinajstić information content (AvgIpc) is 3.17. The van der Waals surface area contributed by atoms with Crippen LogP contribution in [0.25, 0.3) is 5.69 Å². The van der Waals surface area contributed by atoms with E-state index in [4.69, 9.17) is 16.3 Å². The van der Waals surface area contributed by atoms with E-state index in [9.17, 15) is 4.79 Å². The highest BCUT2D eigenvalue weighted by Gasteiger charge is 2.19. The van der Waals surface area contributed by atoms with E-state index >= 15 is 0 Å². The molecule has 0 aliphatic carbocycles. The Morgan fingerprint density at radius 1 is 1.07 bits per heavy atom. The van der Waals surface area contributed by atoms with Crippen molar-refractivity contribution in [3.63, 3.8) is 0 Å². The van der Waals surface area contributed by atoms with E-state index in [1.54, 1.807) is 12.1 Å². The first kappa shape index (κ1) is 20.9. The Morgan fingerprint density at radius 2 is 1.80 bits per heavy atom. The molecule has 1 saturated heterocycles. The third-order valence-corrected chi connectivity index (χ3v) is 5.92. The van der Waals surface area contributed by atoms with Gasteiger partial charge in [0.25, 0.3) is 0 Å². The van der Waals surface area contributed by atoms with Crippen LogP contribution in [0, 0.1) is 0 Å². The molecule has 2 aromatic carbocycles. The van der Waals surface area contributed by atoms with Gasteiger partial charge in [0.15, 0.2) is 11.0 Å². The molecule has 2 heterocycles. The van der Waals surface area contributed by atoms with Crippen LogP contribution in [0.4, 0.5) is 5.69 Å². The third-order valence-electron chi connectivity index (χ3n) is 4.66. The van der Waals surface area contributed by atoms with Crippen LogP contribution >= 0.6 is 23.4 Å². The van der Waals surface area contributed by atoms with Crippen molar-refractivity contribution in [1.82, 2.24) is 19.7 Å². The first-order valence-electron chi connectivity index (χ1n) is 9.68. The molecule has 4 rings (SSSR count). The van der Waals surface area contributed by atoms with Crippen molar-refractivity contribution in [3.05, 3.63) is 65.4 Å². The van der Waals surface area contributed by atoms with Crippen LogP contribution in [0.3, 0.4) is 0 Å². The maximum atomic E-state index is 12.4. The Morgan fingerprint density at radius 3 is 2.57 bits per heavy atom. The van der Waals surface area contributed by atoms with Crippen molar-refractivity contribution in [2.24, 2.45) is 0 Å². The third kappa shape index (κ3) is 5.20. The maximum absolute atomic E-state index is 12.4. The number of carbonyl (C=O) groups is 1. The van der Waals surface area contributed by atoms with Gasteiger partial charge >= 0.3 is 0 Å². The molecule has 0 bridgehead atoms. The molecule has 9 heteroatoms. The Hall–Kier alpha value is -2.39. The summed E-state index contributed by atoms with van der Waals surface area (Å²) < 4.78 is 7.45. The van der Waals surface area contributed by atoms with Crippen molar-refractivity contribution >= 4 is 35.0 Å². The number of nitrogens with one attached hydrogen (secondary N) is 1. The van der Waals surface area contributed by atoms with E-state index < -0.39 is 0 Å². The molecule has 1 fully saturated rings. The largest absolute Gasteiger partial charge is 0.379 e. The van der Waals surface area contributed by atoms with Gasteiger partial charge in [-0.2, -0.15) is 0 Å². The molecule has 0 saturated carbocycles. The first-order valence-corrected chi connectivity index (χ1v) is 11.0. The molecule has 0 atom stereocenters. The summed E-state index contributed by atoms with van der Waals surface area (Å²) in [6, 6.07) is 17.1. The molecule has 3 aromatic rings. The molecule has 1 aliphatic heterocycles. The van der Waals surface area contributed by atoms with Gasteiger partial charge in [0.2, 0.25) is 5.91 Å². The van der Waals surface area contributed by atoms with E-state index in [0.29, 0.717) is 22.4 Å². The van der Waals surface area contributed by atoms with Crippen LogP contribution in [0.15, 0.2) is 59.8 Å². The van der Waals surface area contributed by atoms with E-state index in [0.717, 1.165) is 37.8 Å². The zero-order valence-electron chi connectivity index (χ0n) is 16.3. The van der Waals surface area contributed by atoms with Crippen molar-refractivity contribution < 1.29 is 9.53 Å². The number of hydrogen-bond donors (Lipinski definition) is 1. The normalized spacial score (nSPS) is 14.6. The molecule has 156 valence electrons. The topological polar surface area (TPSA) is 72.3 Å². The summed E-state index contributed by atoms with van der Waals surface area (Å²) in [7, 11) is 0. The van der Waals surface area contributed by atoms with E-state index in [-0.39, 0.29) is 11.7 Å². The molecular weight excluding hydrogens is 422 g/mol. The first-order chi connectivity index (χ1) is 14.7. The van der Waals surface area contributed by atoms with E-state index in [2.05, 4.69) is 20.4 Å². The highest BCUT2D eigenvalue weighted by molar-refractivity contribution is 7.99. The lowest BCUT2D eigenvalue weighted by Crippen LogP contribution is -2.36. The number of halogens is 1. The smallest absolute Gasteiger partial charge is 0.234 e. The molecule has 0 unspecified atom stereocenters.